The molecule has 0 radical (unpaired) electrons. The molecule has 0 saturated carbocycles. The van der Waals surface area contributed by atoms with Gasteiger partial charge in [-0.25, -0.2) is 9.78 Å². The Kier molecular flexibility index (Phi) is 7.94. The highest BCUT2D eigenvalue weighted by atomic mass is 35.5. The summed E-state index contributed by atoms with van der Waals surface area (Å²) in [5.74, 6) is -0.222. The molecule has 4 aromatic rings. The minimum atomic E-state index is -0.607. The van der Waals surface area contributed by atoms with Crippen LogP contribution in [0.25, 0.3) is 16.9 Å². The molecule has 2 amide bonds. The molecule has 7 nitrogen and oxygen atoms in total. The third kappa shape index (κ3) is 6.05. The van der Waals surface area contributed by atoms with E-state index in [1.165, 1.54) is 0 Å². The van der Waals surface area contributed by atoms with Crippen molar-refractivity contribution in [1.82, 2.24) is 19.4 Å². The van der Waals surface area contributed by atoms with Gasteiger partial charge >= 0.3 is 6.09 Å². The lowest BCUT2D eigenvalue weighted by atomic mass is 10.0. The van der Waals surface area contributed by atoms with Gasteiger partial charge in [0.05, 0.1) is 11.7 Å². The van der Waals surface area contributed by atoms with Crippen molar-refractivity contribution in [3.8, 4) is 16.9 Å². The molecule has 0 aliphatic carbocycles. The standard InChI is InChI=1S/C32H33ClN4O3/c1-32(2,3)40-31(39)35-19-20-36(26(22-35)21-23-13-7-4-8-14-23)29(38)27-28(24-15-9-5-10-16-24)37(30(33)34-27)25-17-11-6-12-18-25/h4-18,26H,19-22H2,1-3H3/t26-/m1/s1. The summed E-state index contributed by atoms with van der Waals surface area (Å²) in [6.45, 7) is 6.61. The second-order valence-electron chi connectivity index (χ2n) is 10.9. The Morgan fingerprint density at radius 2 is 1.50 bits per heavy atom. The molecule has 0 bridgehead atoms. The van der Waals surface area contributed by atoms with E-state index in [2.05, 4.69) is 4.98 Å². The van der Waals surface area contributed by atoms with Gasteiger partial charge in [-0.1, -0.05) is 78.9 Å². The zero-order valence-electron chi connectivity index (χ0n) is 23.0. The number of amides is 2. The van der Waals surface area contributed by atoms with Gasteiger partial charge in [-0.2, -0.15) is 0 Å². The number of para-hydroxylation sites is 1. The van der Waals surface area contributed by atoms with Gasteiger partial charge in [0.1, 0.15) is 5.60 Å². The van der Waals surface area contributed by atoms with Crippen LogP contribution in [0.2, 0.25) is 5.28 Å². The van der Waals surface area contributed by atoms with Crippen molar-refractivity contribution in [2.24, 2.45) is 0 Å². The zero-order valence-corrected chi connectivity index (χ0v) is 23.7. The quantitative estimate of drug-likeness (QED) is 0.281. The lowest BCUT2D eigenvalue weighted by molar-refractivity contribution is 0.00429. The van der Waals surface area contributed by atoms with Gasteiger partial charge in [0.2, 0.25) is 5.28 Å². The monoisotopic (exact) mass is 556 g/mol. The summed E-state index contributed by atoms with van der Waals surface area (Å²) in [5, 5.41) is 0.209. The van der Waals surface area contributed by atoms with Crippen molar-refractivity contribution in [3.05, 3.63) is 108 Å². The second kappa shape index (κ2) is 11.6. The third-order valence-corrected chi connectivity index (χ3v) is 7.06. The van der Waals surface area contributed by atoms with Crippen molar-refractivity contribution in [2.75, 3.05) is 19.6 Å². The van der Waals surface area contributed by atoms with Gasteiger partial charge in [0.15, 0.2) is 5.69 Å². The summed E-state index contributed by atoms with van der Waals surface area (Å²) in [6, 6.07) is 29.0. The molecule has 40 heavy (non-hydrogen) atoms. The predicted molar refractivity (Wildman–Crippen MR) is 157 cm³/mol. The van der Waals surface area contributed by atoms with Crippen LogP contribution in [0.3, 0.4) is 0 Å². The topological polar surface area (TPSA) is 67.7 Å². The normalized spacial score (nSPS) is 15.7. The summed E-state index contributed by atoms with van der Waals surface area (Å²) in [4.78, 5) is 35.5. The highest BCUT2D eigenvalue weighted by Crippen LogP contribution is 2.33. The van der Waals surface area contributed by atoms with Crippen LogP contribution in [-0.4, -0.2) is 62.6 Å². The minimum Gasteiger partial charge on any atom is -0.444 e. The SMILES string of the molecule is CC(C)(C)OC(=O)N1CCN(C(=O)c2nc(Cl)n(-c3ccccc3)c2-c2ccccc2)[C@H](Cc2ccccc2)C1. The fourth-order valence-electron chi connectivity index (χ4n) is 5.03. The maximum Gasteiger partial charge on any atom is 0.410 e. The van der Waals surface area contributed by atoms with E-state index in [0.717, 1.165) is 16.8 Å². The maximum atomic E-state index is 14.4. The van der Waals surface area contributed by atoms with Crippen LogP contribution in [0.5, 0.6) is 0 Å². The number of carbonyl (C=O) groups excluding carboxylic acids is 2. The Labute approximate surface area is 240 Å². The first-order chi connectivity index (χ1) is 19.2. The number of piperazine rings is 1. The Morgan fingerprint density at radius 1 is 0.900 bits per heavy atom. The van der Waals surface area contributed by atoms with Crippen LogP contribution >= 0.6 is 11.6 Å². The lowest BCUT2D eigenvalue weighted by Crippen LogP contribution is -2.58. The largest absolute Gasteiger partial charge is 0.444 e. The average molecular weight is 557 g/mol. The molecular formula is C32H33ClN4O3. The number of hydrogen-bond donors (Lipinski definition) is 0. The van der Waals surface area contributed by atoms with E-state index in [9.17, 15) is 9.59 Å². The molecule has 1 saturated heterocycles. The van der Waals surface area contributed by atoms with Crippen molar-refractivity contribution in [1.29, 1.82) is 0 Å². The third-order valence-electron chi connectivity index (χ3n) is 6.81. The van der Waals surface area contributed by atoms with Crippen LogP contribution < -0.4 is 0 Å². The van der Waals surface area contributed by atoms with Crippen LogP contribution in [0.1, 0.15) is 36.8 Å². The molecule has 2 heterocycles. The number of nitrogens with zero attached hydrogens (tertiary/aromatic N) is 4. The van der Waals surface area contributed by atoms with Gasteiger partial charge in [-0.3, -0.25) is 9.36 Å². The average Bonchev–Trinajstić information content (AvgIpc) is 3.30. The molecule has 1 aromatic heterocycles. The Bertz CT molecular complexity index is 1470. The highest BCUT2D eigenvalue weighted by molar-refractivity contribution is 6.29. The fourth-order valence-corrected chi connectivity index (χ4v) is 5.30. The summed E-state index contributed by atoms with van der Waals surface area (Å²) in [6.07, 6.45) is 0.207. The summed E-state index contributed by atoms with van der Waals surface area (Å²) >= 11 is 6.72. The first kappa shape index (κ1) is 27.5. The number of hydrogen-bond acceptors (Lipinski definition) is 4. The molecule has 206 valence electrons. The van der Waals surface area contributed by atoms with E-state index in [1.807, 2.05) is 121 Å². The minimum absolute atomic E-state index is 0.209. The van der Waals surface area contributed by atoms with Crippen molar-refractivity contribution < 1.29 is 14.3 Å². The number of benzene rings is 3. The van der Waals surface area contributed by atoms with Gasteiger partial charge < -0.3 is 14.5 Å². The molecular weight excluding hydrogens is 524 g/mol. The zero-order chi connectivity index (χ0) is 28.3. The summed E-state index contributed by atoms with van der Waals surface area (Å²) in [5.41, 5.74) is 3.03. The van der Waals surface area contributed by atoms with E-state index in [-0.39, 0.29) is 29.0 Å². The van der Waals surface area contributed by atoms with Crippen molar-refractivity contribution in [2.45, 2.75) is 38.8 Å². The lowest BCUT2D eigenvalue weighted by Gasteiger charge is -2.41. The second-order valence-corrected chi connectivity index (χ2v) is 11.2. The molecule has 0 spiro atoms. The molecule has 1 fully saturated rings. The van der Waals surface area contributed by atoms with Gasteiger partial charge in [-0.15, -0.1) is 0 Å². The first-order valence-electron chi connectivity index (χ1n) is 13.4. The van der Waals surface area contributed by atoms with E-state index < -0.39 is 5.60 Å². The summed E-state index contributed by atoms with van der Waals surface area (Å²) < 4.78 is 7.46. The molecule has 3 aromatic carbocycles. The molecule has 0 N–H and O–H groups in total. The number of rotatable bonds is 5. The first-order valence-corrected chi connectivity index (χ1v) is 13.8. The molecule has 1 aliphatic heterocycles. The van der Waals surface area contributed by atoms with Crippen molar-refractivity contribution in [3.63, 3.8) is 0 Å². The van der Waals surface area contributed by atoms with Crippen LogP contribution in [0.15, 0.2) is 91.0 Å². The van der Waals surface area contributed by atoms with Crippen LogP contribution in [0.4, 0.5) is 4.79 Å². The number of halogens is 1. The van der Waals surface area contributed by atoms with Crippen LogP contribution in [0, 0.1) is 0 Å². The number of aromatic nitrogens is 2. The van der Waals surface area contributed by atoms with Gasteiger partial charge in [0.25, 0.3) is 5.91 Å². The Balaban J connectivity index is 1.53. The Hall–Kier alpha value is -4.10. The highest BCUT2D eigenvalue weighted by Gasteiger charge is 2.37. The van der Waals surface area contributed by atoms with E-state index in [0.29, 0.717) is 31.7 Å². The van der Waals surface area contributed by atoms with Crippen molar-refractivity contribution >= 4 is 23.6 Å². The Morgan fingerprint density at radius 3 is 2.12 bits per heavy atom. The van der Waals surface area contributed by atoms with Crippen LogP contribution in [-0.2, 0) is 11.2 Å². The number of imidazole rings is 1. The number of ether oxygens (including phenoxy) is 1. The number of carbonyl (C=O) groups is 2. The smallest absolute Gasteiger partial charge is 0.410 e. The molecule has 1 aliphatic rings. The molecule has 0 unspecified atom stereocenters. The van der Waals surface area contributed by atoms with E-state index in [1.54, 1.807) is 4.90 Å². The van der Waals surface area contributed by atoms with E-state index in [4.69, 9.17) is 16.3 Å². The van der Waals surface area contributed by atoms with Gasteiger partial charge in [-0.05, 0) is 56.5 Å². The predicted octanol–water partition coefficient (Wildman–Crippen LogP) is 6.50. The summed E-state index contributed by atoms with van der Waals surface area (Å²) in [7, 11) is 0. The molecule has 1 atom stereocenters. The molecule has 8 heteroatoms. The van der Waals surface area contributed by atoms with Gasteiger partial charge in [0, 0.05) is 30.9 Å². The molecule has 5 rings (SSSR count). The maximum absolute atomic E-state index is 14.4. The van der Waals surface area contributed by atoms with E-state index >= 15 is 0 Å². The fraction of sp³-hybridized carbons (Fsp3) is 0.281.